The van der Waals surface area contributed by atoms with Crippen LogP contribution in [0.2, 0.25) is 0 Å². The molecule has 0 bridgehead atoms. The lowest BCUT2D eigenvalue weighted by atomic mass is 10.0. The van der Waals surface area contributed by atoms with Crippen LogP contribution in [0.3, 0.4) is 0 Å². The van der Waals surface area contributed by atoms with Gasteiger partial charge in [0.15, 0.2) is 0 Å². The molecule has 2 N–H and O–H groups in total. The molecule has 212 valence electrons. The van der Waals surface area contributed by atoms with Gasteiger partial charge in [-0.15, -0.1) is 0 Å². The van der Waals surface area contributed by atoms with Crippen molar-refractivity contribution in [2.45, 2.75) is 194 Å². The summed E-state index contributed by atoms with van der Waals surface area (Å²) >= 11 is 0. The first-order valence-corrected chi connectivity index (χ1v) is 16.0. The van der Waals surface area contributed by atoms with E-state index in [1.165, 1.54) is 154 Å². The third-order valence-electron chi connectivity index (χ3n) is 7.01. The zero-order chi connectivity index (χ0) is 26.1. The van der Waals surface area contributed by atoms with Crippen LogP contribution >= 0.6 is 0 Å². The Bertz CT molecular complexity index is 358. The molecule has 0 heterocycles. The second-order valence-electron chi connectivity index (χ2n) is 10.7. The first kappa shape index (κ1) is 36.6. The average molecular weight is 499 g/mol. The molecule has 0 radical (unpaired) electrons. The quantitative estimate of drug-likeness (QED) is 0.105. The number of hydrogen-bond acceptors (Lipinski definition) is 2. The van der Waals surface area contributed by atoms with Gasteiger partial charge in [0, 0.05) is 13.0 Å². The molecular weight excluding hydrogens is 432 g/mol. The third kappa shape index (κ3) is 40.9. The Morgan fingerprint density at radius 1 is 0.400 bits per heavy atom. The van der Waals surface area contributed by atoms with Crippen LogP contribution in [0.25, 0.3) is 0 Å². The molecule has 35 heavy (non-hydrogen) atoms. The third-order valence-corrected chi connectivity index (χ3v) is 7.01. The number of carboxylic acid groups (broad SMARTS) is 1. The normalized spacial score (nSPS) is 10.8. The predicted molar refractivity (Wildman–Crippen MR) is 155 cm³/mol. The van der Waals surface area contributed by atoms with Crippen LogP contribution in [0, 0.1) is 0 Å². The largest absolute Gasteiger partial charge is 0.481 e. The molecule has 0 amide bonds. The number of aliphatic carboxylic acids is 1. The molecule has 0 rings (SSSR count). The number of hydrogen-bond donors (Lipinski definition) is 2. The van der Waals surface area contributed by atoms with E-state index >= 15 is 0 Å². The molecule has 0 atom stereocenters. The number of carbonyl (C=O) groups is 1. The molecule has 0 aromatic carbocycles. The Morgan fingerprint density at radius 2 is 0.629 bits per heavy atom. The topological polar surface area (TPSA) is 57.5 Å². The maximum absolute atomic E-state index is 10.3. The molecule has 0 aliphatic rings. The highest BCUT2D eigenvalue weighted by Gasteiger charge is 1.97. The van der Waals surface area contributed by atoms with Crippen molar-refractivity contribution in [1.82, 2.24) is 0 Å². The van der Waals surface area contributed by atoms with Gasteiger partial charge in [0.25, 0.3) is 0 Å². The molecule has 0 aliphatic carbocycles. The molecule has 0 spiro atoms. The van der Waals surface area contributed by atoms with Gasteiger partial charge in [0.1, 0.15) is 0 Å². The van der Waals surface area contributed by atoms with Crippen LogP contribution in [-0.4, -0.2) is 22.8 Å². The van der Waals surface area contributed by atoms with E-state index in [2.05, 4.69) is 13.8 Å². The number of rotatable bonds is 28. The highest BCUT2D eigenvalue weighted by Crippen LogP contribution is 2.14. The maximum atomic E-state index is 10.3. The maximum Gasteiger partial charge on any atom is 0.303 e. The number of aliphatic hydroxyl groups excluding tert-OH is 1. The van der Waals surface area contributed by atoms with Gasteiger partial charge in [-0.25, -0.2) is 0 Å². The van der Waals surface area contributed by atoms with Crippen LogP contribution < -0.4 is 0 Å². The van der Waals surface area contributed by atoms with Gasteiger partial charge >= 0.3 is 5.97 Å². The van der Waals surface area contributed by atoms with Crippen molar-refractivity contribution < 1.29 is 15.0 Å². The Hall–Kier alpha value is -0.570. The second kappa shape index (κ2) is 35.6. The molecule has 0 saturated heterocycles. The van der Waals surface area contributed by atoms with Crippen LogP contribution in [0.15, 0.2) is 0 Å². The van der Waals surface area contributed by atoms with E-state index in [1.54, 1.807) is 0 Å². The minimum atomic E-state index is -0.653. The van der Waals surface area contributed by atoms with E-state index in [1.807, 2.05) is 0 Å². The molecule has 0 unspecified atom stereocenters. The van der Waals surface area contributed by atoms with E-state index in [9.17, 15) is 4.79 Å². The van der Waals surface area contributed by atoms with Crippen LogP contribution in [0.5, 0.6) is 0 Å². The van der Waals surface area contributed by atoms with Crippen molar-refractivity contribution in [3.63, 3.8) is 0 Å². The highest BCUT2D eigenvalue weighted by atomic mass is 16.4. The van der Waals surface area contributed by atoms with Gasteiger partial charge in [0.2, 0.25) is 0 Å². The van der Waals surface area contributed by atoms with Crippen molar-refractivity contribution in [2.24, 2.45) is 0 Å². The minimum absolute atomic E-state index is 0.345. The molecule has 3 heteroatoms. The molecule has 0 aromatic rings. The van der Waals surface area contributed by atoms with Gasteiger partial charge in [-0.3, -0.25) is 4.79 Å². The first-order valence-electron chi connectivity index (χ1n) is 16.0. The summed E-state index contributed by atoms with van der Waals surface area (Å²) in [7, 11) is 0. The first-order chi connectivity index (χ1) is 17.2. The van der Waals surface area contributed by atoms with Crippen molar-refractivity contribution in [3.05, 3.63) is 0 Å². The van der Waals surface area contributed by atoms with Gasteiger partial charge in [-0.05, 0) is 12.8 Å². The standard InChI is InChI=1S/C18H36O2.C14H30O/c1-2-3-4-5-6-7-8-9-10-11-12-13-14-15-16-17-18(19)20;1-2-3-4-5-6-7-8-9-10-11-12-13-14-15/h2-17H2,1H3,(H,19,20);15H,2-14H2,1H3. The van der Waals surface area contributed by atoms with Gasteiger partial charge in [-0.1, -0.05) is 174 Å². The monoisotopic (exact) mass is 499 g/mol. The number of aliphatic hydroxyl groups is 1. The van der Waals surface area contributed by atoms with E-state index in [0.717, 1.165) is 19.3 Å². The Morgan fingerprint density at radius 3 is 0.857 bits per heavy atom. The van der Waals surface area contributed by atoms with Crippen LogP contribution in [0.1, 0.15) is 194 Å². The van der Waals surface area contributed by atoms with Gasteiger partial charge in [0.05, 0.1) is 0 Å². The zero-order valence-corrected chi connectivity index (χ0v) is 24.3. The van der Waals surface area contributed by atoms with Crippen LogP contribution in [-0.2, 0) is 4.79 Å². The summed E-state index contributed by atoms with van der Waals surface area (Å²) in [6.45, 7) is 4.91. The summed E-state index contributed by atoms with van der Waals surface area (Å²) in [4.78, 5) is 10.3. The molecule has 0 aromatic heterocycles. The van der Waals surface area contributed by atoms with Crippen molar-refractivity contribution in [1.29, 1.82) is 0 Å². The van der Waals surface area contributed by atoms with E-state index in [-0.39, 0.29) is 0 Å². The Labute approximate surface area is 221 Å². The van der Waals surface area contributed by atoms with Crippen molar-refractivity contribution >= 4 is 5.97 Å². The van der Waals surface area contributed by atoms with E-state index in [4.69, 9.17) is 10.2 Å². The van der Waals surface area contributed by atoms with E-state index in [0.29, 0.717) is 13.0 Å². The van der Waals surface area contributed by atoms with E-state index < -0.39 is 5.97 Å². The van der Waals surface area contributed by atoms with Crippen molar-refractivity contribution in [3.8, 4) is 0 Å². The van der Waals surface area contributed by atoms with Gasteiger partial charge < -0.3 is 10.2 Å². The Kier molecular flexibility index (Phi) is 37.2. The lowest BCUT2D eigenvalue weighted by molar-refractivity contribution is -0.137. The smallest absolute Gasteiger partial charge is 0.303 e. The summed E-state index contributed by atoms with van der Waals surface area (Å²) in [5.74, 6) is -0.653. The average Bonchev–Trinajstić information content (AvgIpc) is 2.85. The summed E-state index contributed by atoms with van der Waals surface area (Å²) in [5, 5.41) is 17.1. The fraction of sp³-hybridized carbons (Fsp3) is 0.969. The summed E-state index contributed by atoms with van der Waals surface area (Å²) in [5.41, 5.74) is 0. The minimum Gasteiger partial charge on any atom is -0.481 e. The molecule has 0 fully saturated rings. The molecular formula is C32H66O3. The lowest BCUT2D eigenvalue weighted by Crippen LogP contribution is -1.93. The molecule has 0 saturated carbocycles. The zero-order valence-electron chi connectivity index (χ0n) is 24.3. The molecule has 0 aliphatic heterocycles. The number of carboxylic acids is 1. The second-order valence-corrected chi connectivity index (χ2v) is 10.7. The summed E-state index contributed by atoms with van der Waals surface area (Å²) in [6.07, 6.45) is 36.4. The Balaban J connectivity index is 0. The van der Waals surface area contributed by atoms with Crippen molar-refractivity contribution in [2.75, 3.05) is 6.61 Å². The van der Waals surface area contributed by atoms with Crippen LogP contribution in [0.4, 0.5) is 0 Å². The SMILES string of the molecule is CCCCCCCCCCCCCCCCCC(=O)O.CCCCCCCCCCCCCCO. The number of unbranched alkanes of at least 4 members (excludes halogenated alkanes) is 25. The fourth-order valence-corrected chi connectivity index (χ4v) is 4.60. The summed E-state index contributed by atoms with van der Waals surface area (Å²) in [6, 6.07) is 0. The fourth-order valence-electron chi connectivity index (χ4n) is 4.60. The molecule has 3 nitrogen and oxygen atoms in total. The highest BCUT2D eigenvalue weighted by molar-refractivity contribution is 5.66. The lowest BCUT2D eigenvalue weighted by Gasteiger charge is -2.03. The summed E-state index contributed by atoms with van der Waals surface area (Å²) < 4.78 is 0. The predicted octanol–water partition coefficient (Wildman–Crippen LogP) is 11.0. The van der Waals surface area contributed by atoms with Gasteiger partial charge in [-0.2, -0.15) is 0 Å².